The summed E-state index contributed by atoms with van der Waals surface area (Å²) in [4.78, 5) is 0. The molecule has 1 nitrogen and oxygen atoms in total. The number of nitrogens with zero attached hydrogens (tertiary/aromatic N) is 1. The van der Waals surface area contributed by atoms with E-state index in [2.05, 4.69) is 19.9 Å². The van der Waals surface area contributed by atoms with E-state index in [1.807, 2.05) is 0 Å². The van der Waals surface area contributed by atoms with Crippen LogP contribution in [-0.2, 0) is 0 Å². The van der Waals surface area contributed by atoms with Gasteiger partial charge in [-0.15, -0.1) is 0 Å². The van der Waals surface area contributed by atoms with Crippen molar-refractivity contribution in [1.29, 1.82) is 5.26 Å². The number of rotatable bonds is 8. The Labute approximate surface area is 169 Å². The van der Waals surface area contributed by atoms with Crippen molar-refractivity contribution < 1.29 is 0 Å². The third-order valence-corrected chi connectivity index (χ3v) is 8.83. The molecule has 0 aromatic rings. The van der Waals surface area contributed by atoms with Crippen molar-refractivity contribution in [2.45, 2.75) is 123 Å². The summed E-state index contributed by atoms with van der Waals surface area (Å²) in [5, 5.41) is 9.96. The molecule has 1 heteroatoms. The quantitative estimate of drug-likeness (QED) is 0.394. The fourth-order valence-corrected chi connectivity index (χ4v) is 7.11. The van der Waals surface area contributed by atoms with E-state index in [4.69, 9.17) is 0 Å². The summed E-state index contributed by atoms with van der Waals surface area (Å²) in [6.07, 6.45) is 23.5. The summed E-state index contributed by atoms with van der Waals surface area (Å²) < 4.78 is 0. The van der Waals surface area contributed by atoms with Gasteiger partial charge in [-0.2, -0.15) is 5.26 Å². The first-order valence-electron chi connectivity index (χ1n) is 12.6. The molecule has 3 aliphatic rings. The Morgan fingerprint density at radius 1 is 0.778 bits per heavy atom. The smallest absolute Gasteiger partial charge is 0.0689 e. The molecule has 3 fully saturated rings. The molecule has 0 aromatic carbocycles. The molecule has 0 N–H and O–H groups in total. The Morgan fingerprint density at radius 3 is 2.19 bits per heavy atom. The van der Waals surface area contributed by atoms with Gasteiger partial charge in [0.2, 0.25) is 0 Å². The van der Waals surface area contributed by atoms with E-state index in [0.717, 1.165) is 29.6 Å². The molecule has 27 heavy (non-hydrogen) atoms. The molecule has 0 amide bonds. The second kappa shape index (κ2) is 10.3. The van der Waals surface area contributed by atoms with Crippen LogP contribution >= 0.6 is 0 Å². The van der Waals surface area contributed by atoms with Gasteiger partial charge in [-0.05, 0) is 87.4 Å². The zero-order chi connectivity index (χ0) is 19.1. The van der Waals surface area contributed by atoms with Crippen molar-refractivity contribution >= 4 is 0 Å². The highest BCUT2D eigenvalue weighted by Crippen LogP contribution is 2.53. The van der Waals surface area contributed by atoms with Gasteiger partial charge < -0.3 is 0 Å². The predicted molar refractivity (Wildman–Crippen MR) is 115 cm³/mol. The minimum atomic E-state index is 0.0416. The van der Waals surface area contributed by atoms with E-state index < -0.39 is 0 Å². The van der Waals surface area contributed by atoms with Gasteiger partial charge in [0.05, 0.1) is 11.5 Å². The normalized spacial score (nSPS) is 39.5. The molecule has 0 aromatic heterocycles. The molecule has 3 aliphatic carbocycles. The van der Waals surface area contributed by atoms with E-state index in [1.54, 1.807) is 0 Å². The molecule has 0 heterocycles. The molecule has 0 bridgehead atoms. The maximum Gasteiger partial charge on any atom is 0.0689 e. The summed E-state index contributed by atoms with van der Waals surface area (Å²) in [5.41, 5.74) is 0.0416. The number of nitriles is 1. The summed E-state index contributed by atoms with van der Waals surface area (Å²) in [6.45, 7) is 4.63. The topological polar surface area (TPSA) is 23.8 Å². The van der Waals surface area contributed by atoms with Crippen molar-refractivity contribution in [3.05, 3.63) is 0 Å². The Balaban J connectivity index is 1.46. The maximum absolute atomic E-state index is 9.96. The van der Waals surface area contributed by atoms with Gasteiger partial charge in [0.1, 0.15) is 0 Å². The van der Waals surface area contributed by atoms with Crippen molar-refractivity contribution in [3.8, 4) is 6.07 Å². The first-order chi connectivity index (χ1) is 13.2. The Bertz CT molecular complexity index is 469. The number of unbranched alkanes of at least 4 members (excludes halogenated alkanes) is 3. The number of hydrogen-bond donors (Lipinski definition) is 0. The van der Waals surface area contributed by atoms with Crippen LogP contribution in [-0.4, -0.2) is 0 Å². The van der Waals surface area contributed by atoms with Gasteiger partial charge >= 0.3 is 0 Å². The van der Waals surface area contributed by atoms with Crippen LogP contribution in [0.15, 0.2) is 0 Å². The van der Waals surface area contributed by atoms with Gasteiger partial charge in [0.25, 0.3) is 0 Å². The lowest BCUT2D eigenvalue weighted by Crippen LogP contribution is -2.38. The minimum Gasteiger partial charge on any atom is -0.198 e. The van der Waals surface area contributed by atoms with Crippen molar-refractivity contribution in [3.63, 3.8) is 0 Å². The Hall–Kier alpha value is -0.510. The first kappa shape index (κ1) is 21.2. The lowest BCUT2D eigenvalue weighted by atomic mass is 9.57. The number of fused-ring (bicyclic) bond motifs is 1. The van der Waals surface area contributed by atoms with Crippen LogP contribution in [0.2, 0.25) is 0 Å². The molecule has 3 rings (SSSR count). The highest BCUT2D eigenvalue weighted by molar-refractivity contribution is 5.04. The minimum absolute atomic E-state index is 0.0416. The number of hydrogen-bond acceptors (Lipinski definition) is 1. The van der Waals surface area contributed by atoms with Crippen LogP contribution in [0.3, 0.4) is 0 Å². The van der Waals surface area contributed by atoms with E-state index in [-0.39, 0.29) is 5.41 Å². The van der Waals surface area contributed by atoms with E-state index in [1.165, 1.54) is 109 Å². The molecular weight excluding hydrogens is 326 g/mol. The third kappa shape index (κ3) is 5.52. The first-order valence-corrected chi connectivity index (χ1v) is 12.6. The van der Waals surface area contributed by atoms with Gasteiger partial charge in [-0.1, -0.05) is 65.2 Å². The lowest BCUT2D eigenvalue weighted by Gasteiger charge is -2.47. The SMILES string of the molecule is CCCCCCC1(C#N)CCC2CC(C3CCC(CCC)CC3)CCC2C1. The summed E-state index contributed by atoms with van der Waals surface area (Å²) in [7, 11) is 0. The van der Waals surface area contributed by atoms with Crippen LogP contribution in [0.1, 0.15) is 123 Å². The van der Waals surface area contributed by atoms with Crippen molar-refractivity contribution in [2.75, 3.05) is 0 Å². The average molecular weight is 372 g/mol. The lowest BCUT2D eigenvalue weighted by molar-refractivity contribution is 0.0378. The van der Waals surface area contributed by atoms with E-state index >= 15 is 0 Å². The zero-order valence-electron chi connectivity index (χ0n) is 18.4. The van der Waals surface area contributed by atoms with Crippen molar-refractivity contribution in [1.82, 2.24) is 0 Å². The monoisotopic (exact) mass is 371 g/mol. The van der Waals surface area contributed by atoms with E-state index in [0.29, 0.717) is 0 Å². The molecule has 3 saturated carbocycles. The average Bonchev–Trinajstić information content (AvgIpc) is 2.72. The molecule has 4 atom stereocenters. The standard InChI is InChI=1S/C26H45N/c1-3-5-6-7-16-26(20-27)17-15-24-18-23(13-14-25(24)19-26)22-11-9-21(8-4-2)10-12-22/h21-25H,3-19H2,1-2H3. The van der Waals surface area contributed by atoms with E-state index in [9.17, 15) is 5.26 Å². The third-order valence-electron chi connectivity index (χ3n) is 8.83. The fourth-order valence-electron chi connectivity index (χ4n) is 7.11. The molecular formula is C26H45N. The molecule has 154 valence electrons. The fraction of sp³-hybridized carbons (Fsp3) is 0.962. The second-order valence-electron chi connectivity index (χ2n) is 10.6. The van der Waals surface area contributed by atoms with Crippen LogP contribution < -0.4 is 0 Å². The maximum atomic E-state index is 9.96. The van der Waals surface area contributed by atoms with Crippen LogP contribution in [0.4, 0.5) is 0 Å². The molecule has 0 radical (unpaired) electrons. The second-order valence-corrected chi connectivity index (χ2v) is 10.6. The molecule has 4 unspecified atom stereocenters. The molecule has 0 spiro atoms. The predicted octanol–water partition coefficient (Wildman–Crippen LogP) is 8.29. The van der Waals surface area contributed by atoms with Crippen molar-refractivity contribution in [2.24, 2.45) is 35.0 Å². The van der Waals surface area contributed by atoms with Gasteiger partial charge in [-0.25, -0.2) is 0 Å². The zero-order valence-corrected chi connectivity index (χ0v) is 18.4. The summed E-state index contributed by atoms with van der Waals surface area (Å²) >= 11 is 0. The molecule has 0 aliphatic heterocycles. The van der Waals surface area contributed by atoms with Crippen LogP contribution in [0.5, 0.6) is 0 Å². The molecule has 0 saturated heterocycles. The van der Waals surface area contributed by atoms with Crippen LogP contribution in [0, 0.1) is 46.3 Å². The largest absolute Gasteiger partial charge is 0.198 e. The van der Waals surface area contributed by atoms with Crippen LogP contribution in [0.25, 0.3) is 0 Å². The van der Waals surface area contributed by atoms with Gasteiger partial charge in [0, 0.05) is 0 Å². The highest BCUT2D eigenvalue weighted by atomic mass is 14.5. The summed E-state index contributed by atoms with van der Waals surface area (Å²) in [5.74, 6) is 4.93. The van der Waals surface area contributed by atoms with Gasteiger partial charge in [-0.3, -0.25) is 0 Å². The Morgan fingerprint density at radius 2 is 1.48 bits per heavy atom. The summed E-state index contributed by atoms with van der Waals surface area (Å²) in [6, 6.07) is 2.82. The van der Waals surface area contributed by atoms with Gasteiger partial charge in [0.15, 0.2) is 0 Å². The Kier molecular flexibility index (Phi) is 8.10. The highest BCUT2D eigenvalue weighted by Gasteiger charge is 2.44.